The smallest absolute Gasteiger partial charge is 0.287 e. The van der Waals surface area contributed by atoms with Crippen molar-refractivity contribution in [2.75, 3.05) is 0 Å². The van der Waals surface area contributed by atoms with Crippen molar-refractivity contribution in [2.45, 2.75) is 30.7 Å². The van der Waals surface area contributed by atoms with Gasteiger partial charge in [-0.25, -0.2) is 8.42 Å². The lowest BCUT2D eigenvalue weighted by atomic mass is 10.3. The molecule has 0 spiro atoms. The summed E-state index contributed by atoms with van der Waals surface area (Å²) in [5.41, 5.74) is 0. The first-order valence-electron chi connectivity index (χ1n) is 5.37. The van der Waals surface area contributed by atoms with E-state index in [4.69, 9.17) is 15.1 Å². The van der Waals surface area contributed by atoms with Gasteiger partial charge in [0, 0.05) is 22.8 Å². The van der Waals surface area contributed by atoms with Crippen molar-refractivity contribution in [3.05, 3.63) is 16.5 Å². The molecule has 2 rings (SSSR count). The predicted octanol–water partition coefficient (Wildman–Crippen LogP) is 2.50. The maximum Gasteiger partial charge on any atom is 0.287 e. The Morgan fingerprint density at radius 1 is 1.67 bits per heavy atom. The van der Waals surface area contributed by atoms with Crippen LogP contribution in [0.25, 0.3) is 0 Å². The Balaban J connectivity index is 2.13. The molecule has 0 bridgehead atoms. The lowest BCUT2D eigenvalue weighted by Gasteiger charge is -2.00. The van der Waals surface area contributed by atoms with Gasteiger partial charge in [0.25, 0.3) is 15.0 Å². The zero-order valence-corrected chi connectivity index (χ0v) is 12.6. The molecule has 1 aromatic heterocycles. The van der Waals surface area contributed by atoms with Crippen LogP contribution in [0.3, 0.4) is 0 Å². The van der Waals surface area contributed by atoms with Crippen molar-refractivity contribution in [1.29, 1.82) is 0 Å². The summed E-state index contributed by atoms with van der Waals surface area (Å²) in [6, 6.07) is 1.27. The second-order valence-electron chi connectivity index (χ2n) is 4.17. The van der Waals surface area contributed by atoms with Gasteiger partial charge in [-0.2, -0.15) is 0 Å². The van der Waals surface area contributed by atoms with E-state index in [1.54, 1.807) is 0 Å². The van der Waals surface area contributed by atoms with E-state index in [2.05, 4.69) is 28.2 Å². The topological polar surface area (TPSA) is 76.4 Å². The number of hydrogen-bond donors (Lipinski definition) is 1. The molecule has 8 heteroatoms. The third kappa shape index (κ3) is 2.89. The third-order valence-corrected chi connectivity index (χ3v) is 5.08. The van der Waals surface area contributed by atoms with Crippen LogP contribution in [-0.4, -0.2) is 20.4 Å². The van der Waals surface area contributed by atoms with E-state index in [-0.39, 0.29) is 21.4 Å². The van der Waals surface area contributed by atoms with Crippen LogP contribution in [0.5, 0.6) is 0 Å². The number of carbonyl (C=O) groups excluding carboxylic acids is 1. The van der Waals surface area contributed by atoms with Crippen molar-refractivity contribution in [3.63, 3.8) is 0 Å². The molecular weight excluding hydrogens is 346 g/mol. The fourth-order valence-electron chi connectivity index (χ4n) is 1.75. The number of nitrogens with one attached hydrogen (secondary N) is 1. The van der Waals surface area contributed by atoms with Crippen LogP contribution >= 0.6 is 26.6 Å². The Hall–Kier alpha value is -0.530. The van der Waals surface area contributed by atoms with Gasteiger partial charge in [0.2, 0.25) is 0 Å². The summed E-state index contributed by atoms with van der Waals surface area (Å²) in [4.78, 5) is 11.5. The van der Waals surface area contributed by atoms with E-state index in [1.807, 2.05) is 0 Å². The van der Waals surface area contributed by atoms with Crippen LogP contribution in [-0.2, 0) is 9.05 Å². The first kappa shape index (κ1) is 13.9. The molecule has 100 valence electrons. The molecular formula is C10H11BrClNO4S. The van der Waals surface area contributed by atoms with Crippen LogP contribution in [0.2, 0.25) is 0 Å². The molecule has 0 aromatic carbocycles. The molecule has 1 aliphatic carbocycles. The van der Waals surface area contributed by atoms with Gasteiger partial charge in [-0.3, -0.25) is 4.79 Å². The lowest BCUT2D eigenvalue weighted by Crippen LogP contribution is -2.26. The molecule has 0 saturated heterocycles. The Morgan fingerprint density at radius 2 is 2.33 bits per heavy atom. The molecule has 5 nitrogen and oxygen atoms in total. The zero-order valence-electron chi connectivity index (χ0n) is 9.44. The normalized spacial score (nSPS) is 22.8. The standard InChI is InChI=1S/C10H11BrClNO4S/c1-2-5-3-6(5)13-10(14)7-4-8(9(11)17-7)18(12,15)16/h4-6H,2-3H2,1H3,(H,13,14). The van der Waals surface area contributed by atoms with Gasteiger partial charge in [-0.05, 0) is 28.3 Å². The number of furan rings is 1. The van der Waals surface area contributed by atoms with Gasteiger partial charge in [-0.1, -0.05) is 13.3 Å². The average molecular weight is 357 g/mol. The van der Waals surface area contributed by atoms with Gasteiger partial charge in [0.05, 0.1) is 0 Å². The van der Waals surface area contributed by atoms with Gasteiger partial charge < -0.3 is 9.73 Å². The van der Waals surface area contributed by atoms with Crippen molar-refractivity contribution in [3.8, 4) is 0 Å². The van der Waals surface area contributed by atoms with E-state index in [9.17, 15) is 13.2 Å². The fraction of sp³-hybridized carbons (Fsp3) is 0.500. The monoisotopic (exact) mass is 355 g/mol. The van der Waals surface area contributed by atoms with Gasteiger partial charge >= 0.3 is 0 Å². The van der Waals surface area contributed by atoms with Crippen LogP contribution in [0.15, 0.2) is 20.0 Å². The quantitative estimate of drug-likeness (QED) is 0.841. The molecule has 0 aliphatic heterocycles. The highest BCUT2D eigenvalue weighted by atomic mass is 79.9. The largest absolute Gasteiger partial charge is 0.443 e. The third-order valence-electron chi connectivity index (χ3n) is 2.91. The number of carbonyl (C=O) groups is 1. The molecule has 2 atom stereocenters. The SMILES string of the molecule is CCC1CC1NC(=O)c1cc(S(=O)(=O)Cl)c(Br)o1. The van der Waals surface area contributed by atoms with Crippen LogP contribution in [0.1, 0.15) is 30.3 Å². The number of amides is 1. The fourth-order valence-corrected chi connectivity index (χ4v) is 3.78. The van der Waals surface area contributed by atoms with Crippen molar-refractivity contribution in [2.24, 2.45) is 5.92 Å². The molecule has 1 aromatic rings. The summed E-state index contributed by atoms with van der Waals surface area (Å²) < 4.78 is 27.3. The number of hydrogen-bond acceptors (Lipinski definition) is 4. The number of halogens is 2. The first-order valence-corrected chi connectivity index (χ1v) is 8.48. The molecule has 1 aliphatic rings. The molecule has 1 fully saturated rings. The van der Waals surface area contributed by atoms with E-state index in [0.29, 0.717) is 5.92 Å². The van der Waals surface area contributed by atoms with Crippen LogP contribution < -0.4 is 5.32 Å². The van der Waals surface area contributed by atoms with Gasteiger partial charge in [0.1, 0.15) is 4.90 Å². The molecule has 1 amide bonds. The highest BCUT2D eigenvalue weighted by Crippen LogP contribution is 2.34. The minimum atomic E-state index is -3.92. The Bertz CT molecular complexity index is 583. The van der Waals surface area contributed by atoms with Crippen molar-refractivity contribution < 1.29 is 17.6 Å². The summed E-state index contributed by atoms with van der Waals surface area (Å²) in [6.07, 6.45) is 1.96. The minimum Gasteiger partial charge on any atom is -0.443 e. The predicted molar refractivity (Wildman–Crippen MR) is 69.1 cm³/mol. The lowest BCUT2D eigenvalue weighted by molar-refractivity contribution is 0.0920. The van der Waals surface area contributed by atoms with Crippen LogP contribution in [0, 0.1) is 5.92 Å². The van der Waals surface area contributed by atoms with Crippen molar-refractivity contribution in [1.82, 2.24) is 5.32 Å². The summed E-state index contributed by atoms with van der Waals surface area (Å²) in [6.45, 7) is 2.05. The highest BCUT2D eigenvalue weighted by molar-refractivity contribution is 9.10. The van der Waals surface area contributed by atoms with Gasteiger partial charge in [-0.15, -0.1) is 0 Å². The van der Waals surface area contributed by atoms with Crippen LogP contribution in [0.4, 0.5) is 0 Å². The van der Waals surface area contributed by atoms with E-state index < -0.39 is 15.0 Å². The molecule has 1 saturated carbocycles. The maximum absolute atomic E-state index is 11.8. The van der Waals surface area contributed by atoms with Gasteiger partial charge in [0.15, 0.2) is 10.4 Å². The molecule has 1 heterocycles. The van der Waals surface area contributed by atoms with E-state index in [0.717, 1.165) is 18.9 Å². The zero-order chi connectivity index (χ0) is 13.5. The molecule has 18 heavy (non-hydrogen) atoms. The average Bonchev–Trinajstić information content (AvgIpc) is 2.88. The molecule has 2 unspecified atom stereocenters. The van der Waals surface area contributed by atoms with E-state index >= 15 is 0 Å². The Morgan fingerprint density at radius 3 is 2.78 bits per heavy atom. The summed E-state index contributed by atoms with van der Waals surface area (Å²) >= 11 is 2.92. The minimum absolute atomic E-state index is 0.0644. The summed E-state index contributed by atoms with van der Waals surface area (Å²) in [7, 11) is 1.27. The Labute approximate surface area is 117 Å². The first-order chi connectivity index (χ1) is 8.32. The van der Waals surface area contributed by atoms with E-state index in [1.165, 1.54) is 0 Å². The Kier molecular flexibility index (Phi) is 3.75. The number of rotatable bonds is 4. The second kappa shape index (κ2) is 4.86. The maximum atomic E-state index is 11.8. The molecule has 1 N–H and O–H groups in total. The summed E-state index contributed by atoms with van der Waals surface area (Å²) in [5.74, 6) is 0.00894. The highest BCUT2D eigenvalue weighted by Gasteiger charge is 2.37. The summed E-state index contributed by atoms with van der Waals surface area (Å²) in [5, 5.41) is 2.77. The molecule has 0 radical (unpaired) electrons. The second-order valence-corrected chi connectivity index (χ2v) is 7.43. The van der Waals surface area contributed by atoms with Crippen molar-refractivity contribution >= 4 is 41.6 Å².